The molecule has 0 aliphatic heterocycles. The number of ether oxygens (including phenoxy) is 1. The number of nitrogens with one attached hydrogen (secondary N) is 1. The van der Waals surface area contributed by atoms with Crippen molar-refractivity contribution in [2.75, 3.05) is 6.61 Å². The Kier molecular flexibility index (Phi) is 9.90. The summed E-state index contributed by atoms with van der Waals surface area (Å²) in [6, 6.07) is 8.01. The minimum Gasteiger partial charge on any atom is -0.494 e. The summed E-state index contributed by atoms with van der Waals surface area (Å²) in [5, 5.41) is 3.46. The summed E-state index contributed by atoms with van der Waals surface area (Å²) in [6.45, 7) is 19.8. The monoisotopic (exact) mass is 319 g/mol. The smallest absolute Gasteiger partial charge is 0.119 e. The minimum absolute atomic E-state index is 0.234. The molecule has 0 bridgehead atoms. The molecule has 0 unspecified atom stereocenters. The zero-order valence-electron chi connectivity index (χ0n) is 16.3. The van der Waals surface area contributed by atoms with Crippen LogP contribution in [0.2, 0.25) is 0 Å². The number of unbranched alkanes of at least 4 members (excludes halogenated alkanes) is 2. The Morgan fingerprint density at radius 3 is 1.83 bits per heavy atom. The average Bonchev–Trinajstić information content (AvgIpc) is 2.41. The van der Waals surface area contributed by atoms with E-state index in [1.54, 1.807) is 0 Å². The summed E-state index contributed by atoms with van der Waals surface area (Å²) >= 11 is 0. The number of hydrogen-bond donors (Lipinski definition) is 1. The van der Waals surface area contributed by atoms with Gasteiger partial charge in [-0.3, -0.25) is 0 Å². The van der Waals surface area contributed by atoms with Crippen LogP contribution in [-0.2, 0) is 0 Å². The predicted molar refractivity (Wildman–Crippen MR) is 104 cm³/mol. The Morgan fingerprint density at radius 1 is 0.957 bits per heavy atom. The molecular weight excluding hydrogens is 282 g/mol. The maximum Gasteiger partial charge on any atom is 0.119 e. The molecule has 1 N–H and O–H groups in total. The van der Waals surface area contributed by atoms with Crippen LogP contribution in [0.25, 0.3) is 6.08 Å². The third-order valence-electron chi connectivity index (χ3n) is 2.88. The van der Waals surface area contributed by atoms with Gasteiger partial charge in [0.25, 0.3) is 0 Å². The molecule has 0 saturated carbocycles. The van der Waals surface area contributed by atoms with Crippen molar-refractivity contribution in [3.8, 4) is 5.75 Å². The highest BCUT2D eigenvalue weighted by atomic mass is 16.5. The molecule has 0 radical (unpaired) electrons. The van der Waals surface area contributed by atoms with Gasteiger partial charge in [0.1, 0.15) is 5.75 Å². The maximum atomic E-state index is 5.57. The highest BCUT2D eigenvalue weighted by Gasteiger charge is 2.18. The van der Waals surface area contributed by atoms with E-state index in [1.165, 1.54) is 12.8 Å². The van der Waals surface area contributed by atoms with Crippen LogP contribution >= 0.6 is 0 Å². The van der Waals surface area contributed by atoms with Crippen molar-refractivity contribution < 1.29 is 4.74 Å². The molecule has 132 valence electrons. The molecule has 0 spiro atoms. The van der Waals surface area contributed by atoms with E-state index in [-0.39, 0.29) is 11.1 Å². The van der Waals surface area contributed by atoms with Crippen molar-refractivity contribution in [3.63, 3.8) is 0 Å². The fourth-order valence-electron chi connectivity index (χ4n) is 2.37. The fraction of sp³-hybridized carbons (Fsp3) is 0.619. The van der Waals surface area contributed by atoms with Crippen LogP contribution in [-0.4, -0.2) is 17.7 Å². The van der Waals surface area contributed by atoms with E-state index in [0.717, 1.165) is 24.3 Å². The fourth-order valence-corrected chi connectivity index (χ4v) is 2.37. The Hall–Kier alpha value is -1.28. The molecule has 1 aromatic rings. The van der Waals surface area contributed by atoms with E-state index in [2.05, 4.69) is 60.4 Å². The summed E-state index contributed by atoms with van der Waals surface area (Å²) in [5.41, 5.74) is 1.60. The van der Waals surface area contributed by atoms with Gasteiger partial charge in [0.2, 0.25) is 0 Å². The van der Waals surface area contributed by atoms with Crippen molar-refractivity contribution in [2.24, 2.45) is 0 Å². The second kappa shape index (κ2) is 10.5. The topological polar surface area (TPSA) is 21.3 Å². The summed E-state index contributed by atoms with van der Waals surface area (Å²) < 4.78 is 5.57. The normalized spacial score (nSPS) is 11.4. The zero-order valence-corrected chi connectivity index (χ0v) is 16.3. The van der Waals surface area contributed by atoms with Gasteiger partial charge in [-0.05, 0) is 65.7 Å². The van der Waals surface area contributed by atoms with Gasteiger partial charge in [0, 0.05) is 11.1 Å². The van der Waals surface area contributed by atoms with E-state index in [9.17, 15) is 0 Å². The second-order valence-corrected chi connectivity index (χ2v) is 7.95. The second-order valence-electron chi connectivity index (χ2n) is 7.95. The van der Waals surface area contributed by atoms with Crippen molar-refractivity contribution >= 4 is 6.08 Å². The first kappa shape index (κ1) is 21.7. The highest BCUT2D eigenvalue weighted by molar-refractivity contribution is 5.48. The molecule has 2 heteroatoms. The molecule has 0 heterocycles. The zero-order chi connectivity index (χ0) is 17.9. The summed E-state index contributed by atoms with van der Waals surface area (Å²) in [5.74, 6) is 0.951. The van der Waals surface area contributed by atoms with Crippen LogP contribution in [0.4, 0.5) is 0 Å². The van der Waals surface area contributed by atoms with Crippen molar-refractivity contribution in [1.29, 1.82) is 0 Å². The van der Waals surface area contributed by atoms with Gasteiger partial charge in [0.05, 0.1) is 6.61 Å². The largest absolute Gasteiger partial charge is 0.494 e. The van der Waals surface area contributed by atoms with Gasteiger partial charge in [-0.15, -0.1) is 0 Å². The van der Waals surface area contributed by atoms with Crippen molar-refractivity contribution in [3.05, 3.63) is 36.4 Å². The number of benzene rings is 1. The van der Waals surface area contributed by atoms with E-state index in [1.807, 2.05) is 30.3 Å². The lowest BCUT2D eigenvalue weighted by atomic mass is 10.0. The van der Waals surface area contributed by atoms with Gasteiger partial charge < -0.3 is 10.1 Å². The third-order valence-corrected chi connectivity index (χ3v) is 2.88. The minimum atomic E-state index is 0.234. The standard InChI is InChI=1S/C13H18O.C8H19N/c1-3-5-6-11-14-13-9-7-12(4-2)8-10-13;1-7(2,3)9-8(4,5)6/h4,7-10H,2-3,5-6,11H2,1H3;9H,1-6H3. The van der Waals surface area contributed by atoms with E-state index >= 15 is 0 Å². The van der Waals surface area contributed by atoms with E-state index in [0.29, 0.717) is 0 Å². The molecule has 23 heavy (non-hydrogen) atoms. The maximum absolute atomic E-state index is 5.57. The first-order chi connectivity index (χ1) is 10.6. The molecule has 0 amide bonds. The number of rotatable bonds is 6. The van der Waals surface area contributed by atoms with Crippen LogP contribution in [0, 0.1) is 0 Å². The Morgan fingerprint density at radius 2 is 1.48 bits per heavy atom. The SMILES string of the molecule is C=Cc1ccc(OCCCCC)cc1.CC(C)(C)NC(C)(C)C. The van der Waals surface area contributed by atoms with Crippen LogP contribution in [0.5, 0.6) is 5.75 Å². The summed E-state index contributed by atoms with van der Waals surface area (Å²) in [6.07, 6.45) is 5.45. The average molecular weight is 320 g/mol. The molecule has 0 aliphatic rings. The molecule has 1 rings (SSSR count). The molecule has 0 fully saturated rings. The molecule has 2 nitrogen and oxygen atoms in total. The van der Waals surface area contributed by atoms with Gasteiger partial charge in [-0.25, -0.2) is 0 Å². The lowest BCUT2D eigenvalue weighted by Gasteiger charge is -2.31. The van der Waals surface area contributed by atoms with Crippen LogP contribution in [0.3, 0.4) is 0 Å². The summed E-state index contributed by atoms with van der Waals surface area (Å²) in [7, 11) is 0. The molecule has 0 aromatic heterocycles. The molecular formula is C21H37NO. The van der Waals surface area contributed by atoms with Crippen LogP contribution in [0.15, 0.2) is 30.8 Å². The highest BCUT2D eigenvalue weighted by Crippen LogP contribution is 2.13. The molecule has 0 aliphatic carbocycles. The van der Waals surface area contributed by atoms with Gasteiger partial charge in [-0.2, -0.15) is 0 Å². The predicted octanol–water partition coefficient (Wildman–Crippen LogP) is 6.07. The lowest BCUT2D eigenvalue weighted by Crippen LogP contribution is -2.48. The molecule has 1 aromatic carbocycles. The molecule has 0 atom stereocenters. The summed E-state index contributed by atoms with van der Waals surface area (Å²) in [4.78, 5) is 0. The van der Waals surface area contributed by atoms with E-state index in [4.69, 9.17) is 4.74 Å². The Balaban J connectivity index is 0.000000468. The first-order valence-corrected chi connectivity index (χ1v) is 8.72. The number of hydrogen-bond acceptors (Lipinski definition) is 2. The lowest BCUT2D eigenvalue weighted by molar-refractivity contribution is 0.303. The first-order valence-electron chi connectivity index (χ1n) is 8.72. The quantitative estimate of drug-likeness (QED) is 0.642. The van der Waals surface area contributed by atoms with Gasteiger partial charge >= 0.3 is 0 Å². The van der Waals surface area contributed by atoms with Gasteiger partial charge in [-0.1, -0.05) is 44.6 Å². The van der Waals surface area contributed by atoms with Crippen molar-refractivity contribution in [2.45, 2.75) is 78.8 Å². The molecule has 0 saturated heterocycles. The Bertz CT molecular complexity index is 409. The van der Waals surface area contributed by atoms with Crippen molar-refractivity contribution in [1.82, 2.24) is 5.32 Å². The van der Waals surface area contributed by atoms with Crippen LogP contribution < -0.4 is 10.1 Å². The van der Waals surface area contributed by atoms with Crippen LogP contribution in [0.1, 0.15) is 73.3 Å². The van der Waals surface area contributed by atoms with E-state index < -0.39 is 0 Å². The Labute approximate surface area is 144 Å². The van der Waals surface area contributed by atoms with Gasteiger partial charge in [0.15, 0.2) is 0 Å². The third kappa shape index (κ3) is 14.1.